The molecular weight excluding hydrogens is 551 g/mol. The number of hydrogen-bond donors (Lipinski definition) is 0. The van der Waals surface area contributed by atoms with Gasteiger partial charge in [0.15, 0.2) is 0 Å². The lowest BCUT2D eigenvalue weighted by atomic mass is 9.93. The second-order valence-electron chi connectivity index (χ2n) is 13.7. The molecule has 0 amide bonds. The van der Waals surface area contributed by atoms with Gasteiger partial charge in [-0.05, 0) is 43.0 Å². The van der Waals surface area contributed by atoms with E-state index in [9.17, 15) is 0 Å². The molecule has 0 aliphatic carbocycles. The third kappa shape index (κ3) is 8.90. The fraction of sp³-hybridized carbons (Fsp3) is 0.571. The van der Waals surface area contributed by atoms with Gasteiger partial charge in [0, 0.05) is 43.0 Å². The first-order chi connectivity index (χ1) is 21.8. The van der Waals surface area contributed by atoms with Gasteiger partial charge in [-0.2, -0.15) is 0 Å². The van der Waals surface area contributed by atoms with Gasteiger partial charge in [-0.25, -0.2) is 0 Å². The van der Waals surface area contributed by atoms with Gasteiger partial charge in [0.05, 0.1) is 5.52 Å². The Labute approximate surface area is 272 Å². The number of unbranched alkanes of at least 4 members (excludes halogenated alkanes) is 16. The number of thiophene rings is 1. The Kier molecular flexibility index (Phi) is 13.5. The minimum atomic E-state index is 0.765. The predicted octanol–water partition coefficient (Wildman–Crippen LogP) is 14.6. The highest BCUT2D eigenvalue weighted by atomic mass is 32.1. The highest BCUT2D eigenvalue weighted by molar-refractivity contribution is 7.25. The number of benzene rings is 3. The summed E-state index contributed by atoms with van der Waals surface area (Å²) in [5.74, 6) is 0.765. The Hall–Kier alpha value is -2.32. The van der Waals surface area contributed by atoms with Crippen molar-refractivity contribution < 1.29 is 0 Å². The van der Waals surface area contributed by atoms with Gasteiger partial charge in [-0.3, -0.25) is 0 Å². The standard InChI is InChI=1S/C42H59NS/c1-3-5-7-9-11-13-14-16-18-20-26-34(25-19-17-15-12-10-8-6-4-2)33-43-39-29-23-21-27-35(39)37-31-38-36-28-22-24-30-41(36)44-42(38)32-40(37)43/h21-24,27-32,34H,3-20,25-26,33H2,1-2H3. The van der Waals surface area contributed by atoms with Crippen LogP contribution in [0.2, 0.25) is 0 Å². The minimum absolute atomic E-state index is 0.765. The summed E-state index contributed by atoms with van der Waals surface area (Å²) in [6.07, 6.45) is 28.3. The topological polar surface area (TPSA) is 4.93 Å². The van der Waals surface area contributed by atoms with E-state index >= 15 is 0 Å². The summed E-state index contributed by atoms with van der Waals surface area (Å²) in [6, 6.07) is 23.1. The number of rotatable bonds is 22. The zero-order valence-electron chi connectivity index (χ0n) is 28.1. The highest BCUT2D eigenvalue weighted by Gasteiger charge is 2.17. The van der Waals surface area contributed by atoms with E-state index in [0.717, 1.165) is 12.5 Å². The van der Waals surface area contributed by atoms with Gasteiger partial charge >= 0.3 is 0 Å². The fourth-order valence-corrected chi connectivity index (χ4v) is 8.66. The average molecular weight is 610 g/mol. The molecule has 0 radical (unpaired) electrons. The van der Waals surface area contributed by atoms with Gasteiger partial charge in [0.25, 0.3) is 0 Å². The first-order valence-corrected chi connectivity index (χ1v) is 19.4. The maximum Gasteiger partial charge on any atom is 0.0506 e. The van der Waals surface area contributed by atoms with E-state index in [1.54, 1.807) is 0 Å². The number of nitrogens with zero attached hydrogens (tertiary/aromatic N) is 1. The van der Waals surface area contributed by atoms with E-state index in [1.165, 1.54) is 170 Å². The van der Waals surface area contributed by atoms with Crippen LogP contribution in [-0.4, -0.2) is 4.57 Å². The Morgan fingerprint density at radius 1 is 0.477 bits per heavy atom. The van der Waals surface area contributed by atoms with Crippen LogP contribution in [0, 0.1) is 5.92 Å². The van der Waals surface area contributed by atoms with Crippen LogP contribution in [-0.2, 0) is 6.54 Å². The molecule has 2 aromatic heterocycles. The summed E-state index contributed by atoms with van der Waals surface area (Å²) in [5, 5.41) is 5.67. The molecule has 44 heavy (non-hydrogen) atoms. The summed E-state index contributed by atoms with van der Waals surface area (Å²) in [6.45, 7) is 5.79. The molecule has 0 aliphatic heterocycles. The van der Waals surface area contributed by atoms with Gasteiger partial charge in [-0.15, -0.1) is 11.3 Å². The van der Waals surface area contributed by atoms with Crippen LogP contribution in [0.4, 0.5) is 0 Å². The third-order valence-corrected chi connectivity index (χ3v) is 11.3. The van der Waals surface area contributed by atoms with Crippen LogP contribution >= 0.6 is 11.3 Å². The van der Waals surface area contributed by atoms with Crippen molar-refractivity contribution in [2.75, 3.05) is 0 Å². The largest absolute Gasteiger partial charge is 0.340 e. The maximum absolute atomic E-state index is 2.71. The Morgan fingerprint density at radius 2 is 1.00 bits per heavy atom. The molecule has 0 N–H and O–H groups in total. The highest BCUT2D eigenvalue weighted by Crippen LogP contribution is 2.40. The third-order valence-electron chi connectivity index (χ3n) is 10.1. The van der Waals surface area contributed by atoms with E-state index < -0.39 is 0 Å². The lowest BCUT2D eigenvalue weighted by molar-refractivity contribution is 0.364. The fourth-order valence-electron chi connectivity index (χ4n) is 7.54. The van der Waals surface area contributed by atoms with Crippen LogP contribution in [0.1, 0.15) is 142 Å². The molecule has 5 rings (SSSR count). The van der Waals surface area contributed by atoms with E-state index in [2.05, 4.69) is 79.1 Å². The molecule has 0 bridgehead atoms. The molecule has 1 atom stereocenters. The molecule has 5 aromatic rings. The molecule has 0 spiro atoms. The number of hydrogen-bond acceptors (Lipinski definition) is 1. The van der Waals surface area contributed by atoms with Crippen LogP contribution in [0.25, 0.3) is 42.0 Å². The molecule has 0 saturated carbocycles. The smallest absolute Gasteiger partial charge is 0.0506 e. The maximum atomic E-state index is 2.71. The zero-order valence-corrected chi connectivity index (χ0v) is 28.9. The Morgan fingerprint density at radius 3 is 1.61 bits per heavy atom. The molecule has 0 saturated heterocycles. The summed E-state index contributed by atoms with van der Waals surface area (Å²) < 4.78 is 5.54. The molecule has 3 aromatic carbocycles. The zero-order chi connectivity index (χ0) is 30.4. The molecule has 0 aliphatic rings. The van der Waals surface area contributed by atoms with Crippen LogP contribution in [0.15, 0.2) is 60.7 Å². The van der Waals surface area contributed by atoms with Crippen LogP contribution < -0.4 is 0 Å². The first kappa shape index (κ1) is 33.1. The lowest BCUT2D eigenvalue weighted by Crippen LogP contribution is -2.11. The van der Waals surface area contributed by atoms with Crippen molar-refractivity contribution in [2.45, 2.75) is 149 Å². The monoisotopic (exact) mass is 609 g/mol. The molecule has 238 valence electrons. The first-order valence-electron chi connectivity index (χ1n) is 18.6. The molecule has 1 nitrogen and oxygen atoms in total. The molecule has 0 fully saturated rings. The molecular formula is C42H59NS. The average Bonchev–Trinajstić information content (AvgIpc) is 3.56. The number of para-hydroxylation sites is 1. The summed E-state index contributed by atoms with van der Waals surface area (Å²) in [4.78, 5) is 0. The normalized spacial score (nSPS) is 12.8. The van der Waals surface area contributed by atoms with Crippen molar-refractivity contribution in [3.63, 3.8) is 0 Å². The Bertz CT molecular complexity index is 1540. The van der Waals surface area contributed by atoms with Crippen LogP contribution in [0.3, 0.4) is 0 Å². The van der Waals surface area contributed by atoms with Gasteiger partial charge in [0.1, 0.15) is 0 Å². The van der Waals surface area contributed by atoms with Gasteiger partial charge < -0.3 is 4.57 Å². The molecule has 1 unspecified atom stereocenters. The van der Waals surface area contributed by atoms with Gasteiger partial charge in [-0.1, -0.05) is 166 Å². The summed E-state index contributed by atoms with van der Waals surface area (Å²) in [5.41, 5.74) is 2.86. The summed E-state index contributed by atoms with van der Waals surface area (Å²) >= 11 is 1.96. The van der Waals surface area contributed by atoms with Crippen molar-refractivity contribution in [3.05, 3.63) is 60.7 Å². The van der Waals surface area contributed by atoms with Crippen molar-refractivity contribution >= 4 is 53.3 Å². The van der Waals surface area contributed by atoms with Crippen molar-refractivity contribution in [3.8, 4) is 0 Å². The predicted molar refractivity (Wildman–Crippen MR) is 200 cm³/mol. The number of fused-ring (bicyclic) bond motifs is 6. The Balaban J connectivity index is 1.27. The van der Waals surface area contributed by atoms with Gasteiger partial charge in [0.2, 0.25) is 0 Å². The van der Waals surface area contributed by atoms with Crippen molar-refractivity contribution in [2.24, 2.45) is 5.92 Å². The van der Waals surface area contributed by atoms with Crippen molar-refractivity contribution in [1.82, 2.24) is 4.57 Å². The minimum Gasteiger partial charge on any atom is -0.340 e. The van der Waals surface area contributed by atoms with E-state index in [0.29, 0.717) is 0 Å². The van der Waals surface area contributed by atoms with Crippen LogP contribution in [0.5, 0.6) is 0 Å². The van der Waals surface area contributed by atoms with Crippen molar-refractivity contribution in [1.29, 1.82) is 0 Å². The quantitative estimate of drug-likeness (QED) is 0.0688. The SMILES string of the molecule is CCCCCCCCCCCCC(CCCCCCCCCC)Cn1c2ccccc2c2cc3c(cc21)sc1ccccc13. The van der Waals surface area contributed by atoms with E-state index in [4.69, 9.17) is 0 Å². The second kappa shape index (κ2) is 18.0. The van der Waals surface area contributed by atoms with E-state index in [1.807, 2.05) is 11.3 Å². The molecule has 2 heteroatoms. The second-order valence-corrected chi connectivity index (χ2v) is 14.8. The summed E-state index contributed by atoms with van der Waals surface area (Å²) in [7, 11) is 0. The van der Waals surface area contributed by atoms with E-state index in [-0.39, 0.29) is 0 Å². The molecule has 2 heterocycles. The lowest BCUT2D eigenvalue weighted by Gasteiger charge is -2.20. The number of aromatic nitrogens is 1.